The van der Waals surface area contributed by atoms with Crippen LogP contribution in [0.3, 0.4) is 0 Å². The zero-order valence-electron chi connectivity index (χ0n) is 24.9. The van der Waals surface area contributed by atoms with Crippen LogP contribution in [0.15, 0.2) is 42.6 Å². The number of carbonyl (C=O) groups is 2. The van der Waals surface area contributed by atoms with Crippen LogP contribution in [-0.4, -0.2) is 69.3 Å². The van der Waals surface area contributed by atoms with E-state index >= 15 is 0 Å². The maximum atomic E-state index is 13.3. The summed E-state index contributed by atoms with van der Waals surface area (Å²) < 4.78 is 7.33. The third-order valence-corrected chi connectivity index (χ3v) is 9.24. The Bertz CT molecular complexity index is 1460. The number of nitrogens with one attached hydrogen (secondary N) is 1. The maximum absolute atomic E-state index is 13.3. The van der Waals surface area contributed by atoms with E-state index in [9.17, 15) is 9.59 Å². The second-order valence-corrected chi connectivity index (χ2v) is 13.7. The first-order valence-corrected chi connectivity index (χ1v) is 14.9. The van der Waals surface area contributed by atoms with Crippen LogP contribution < -0.4 is 10.2 Å². The summed E-state index contributed by atoms with van der Waals surface area (Å²) >= 11 is 0. The van der Waals surface area contributed by atoms with Crippen LogP contribution in [0.5, 0.6) is 0 Å². The number of benzene rings is 1. The molecule has 6 rings (SSSR count). The quantitative estimate of drug-likeness (QED) is 0.478. The van der Waals surface area contributed by atoms with E-state index in [-0.39, 0.29) is 34.7 Å². The molecule has 3 aromatic rings. The molecule has 1 N–H and O–H groups in total. The smallest absolute Gasteiger partial charge is 0.410 e. The standard InChI is InChI=1S/C32H42N6O3/c1-22-17-25(36-15-13-31(5,20-36)23-9-7-6-8-10-23)19-38-27(22)34-26(35-38)28(39)33-24-11-12-32(18-24)14-16-37(21-32)29(40)41-30(2,3)4/h6-10,17,19,24H,11-16,18,20-21H2,1-5H3,(H,33,39)/t24?,31-,32?/m0/s1. The van der Waals surface area contributed by atoms with E-state index in [1.807, 2.05) is 38.8 Å². The number of aromatic nitrogens is 3. The Morgan fingerprint density at radius 3 is 2.61 bits per heavy atom. The van der Waals surface area contributed by atoms with Gasteiger partial charge in [0.1, 0.15) is 5.60 Å². The van der Waals surface area contributed by atoms with Gasteiger partial charge < -0.3 is 19.9 Å². The number of likely N-dealkylation sites (tertiary alicyclic amines) is 1. The first-order valence-electron chi connectivity index (χ1n) is 14.9. The third-order valence-electron chi connectivity index (χ3n) is 9.24. The number of rotatable bonds is 4. The van der Waals surface area contributed by atoms with Crippen molar-refractivity contribution in [2.24, 2.45) is 5.41 Å². The van der Waals surface area contributed by atoms with E-state index < -0.39 is 5.60 Å². The Kier molecular flexibility index (Phi) is 6.74. The number of pyridine rings is 1. The topological polar surface area (TPSA) is 92.1 Å². The number of ether oxygens (including phenoxy) is 1. The summed E-state index contributed by atoms with van der Waals surface area (Å²) in [6.07, 6.45) is 6.49. The third kappa shape index (κ3) is 5.51. The van der Waals surface area contributed by atoms with Gasteiger partial charge in [0.05, 0.1) is 11.9 Å². The van der Waals surface area contributed by atoms with Crippen molar-refractivity contribution < 1.29 is 14.3 Å². The number of aryl methyl sites for hydroxylation is 1. The van der Waals surface area contributed by atoms with Crippen molar-refractivity contribution in [2.75, 3.05) is 31.1 Å². The SMILES string of the molecule is Cc1cc(N2CC[C@](C)(c3ccccc3)C2)cn2nc(C(=O)NC3CCC4(CCN(C(=O)OC(C)(C)C)C4)C3)nc12. The number of anilines is 1. The van der Waals surface area contributed by atoms with Gasteiger partial charge in [-0.2, -0.15) is 0 Å². The van der Waals surface area contributed by atoms with Gasteiger partial charge in [0, 0.05) is 37.6 Å². The lowest BCUT2D eigenvalue weighted by atomic mass is 9.82. The maximum Gasteiger partial charge on any atom is 0.410 e. The van der Waals surface area contributed by atoms with E-state index in [1.165, 1.54) is 5.56 Å². The molecular weight excluding hydrogens is 516 g/mol. The first-order chi connectivity index (χ1) is 19.4. The van der Waals surface area contributed by atoms with Crippen molar-refractivity contribution in [3.05, 3.63) is 59.5 Å². The van der Waals surface area contributed by atoms with Crippen LogP contribution in [0.4, 0.5) is 10.5 Å². The normalized spacial score (nSPS) is 26.3. The fourth-order valence-electron chi connectivity index (χ4n) is 7.03. The average molecular weight is 559 g/mol. The molecule has 41 heavy (non-hydrogen) atoms. The summed E-state index contributed by atoms with van der Waals surface area (Å²) in [6, 6.07) is 12.9. The molecule has 9 heteroatoms. The van der Waals surface area contributed by atoms with E-state index in [4.69, 9.17) is 4.74 Å². The Hall–Kier alpha value is -3.62. The van der Waals surface area contributed by atoms with Crippen LogP contribution in [-0.2, 0) is 10.2 Å². The first kappa shape index (κ1) is 27.5. The van der Waals surface area contributed by atoms with Crippen molar-refractivity contribution in [3.63, 3.8) is 0 Å². The number of carbonyl (C=O) groups excluding carboxylic acids is 2. The Morgan fingerprint density at radius 2 is 1.85 bits per heavy atom. The summed E-state index contributed by atoms with van der Waals surface area (Å²) in [5.74, 6) is -0.0416. The van der Waals surface area contributed by atoms with Gasteiger partial charge in [-0.1, -0.05) is 37.3 Å². The van der Waals surface area contributed by atoms with Gasteiger partial charge in [0.2, 0.25) is 5.82 Å². The molecule has 1 aliphatic carbocycles. The average Bonchev–Trinajstić information content (AvgIpc) is 3.71. The van der Waals surface area contributed by atoms with Gasteiger partial charge in [0.15, 0.2) is 5.65 Å². The van der Waals surface area contributed by atoms with E-state index in [1.54, 1.807) is 4.52 Å². The summed E-state index contributed by atoms with van der Waals surface area (Å²) in [5, 5.41) is 7.78. The van der Waals surface area contributed by atoms with Crippen LogP contribution in [0, 0.1) is 12.3 Å². The van der Waals surface area contributed by atoms with Crippen molar-refractivity contribution >= 4 is 23.3 Å². The zero-order valence-corrected chi connectivity index (χ0v) is 24.9. The molecule has 3 atom stereocenters. The minimum atomic E-state index is -0.504. The highest BCUT2D eigenvalue weighted by Crippen LogP contribution is 2.46. The van der Waals surface area contributed by atoms with E-state index in [0.717, 1.165) is 56.4 Å². The molecule has 3 aliphatic rings. The molecule has 2 aliphatic heterocycles. The Balaban J connectivity index is 1.11. The fraction of sp³-hybridized carbons (Fsp3) is 0.562. The molecule has 2 unspecified atom stereocenters. The molecular formula is C32H42N6O3. The summed E-state index contributed by atoms with van der Waals surface area (Å²) in [4.78, 5) is 34.7. The molecule has 2 aromatic heterocycles. The molecule has 1 saturated carbocycles. The summed E-state index contributed by atoms with van der Waals surface area (Å²) in [7, 11) is 0. The molecule has 218 valence electrons. The number of hydrogen-bond acceptors (Lipinski definition) is 6. The molecule has 2 amide bonds. The highest BCUT2D eigenvalue weighted by molar-refractivity contribution is 5.91. The lowest BCUT2D eigenvalue weighted by Gasteiger charge is -2.27. The van der Waals surface area contributed by atoms with Gasteiger partial charge >= 0.3 is 6.09 Å². The van der Waals surface area contributed by atoms with Crippen molar-refractivity contribution in [3.8, 4) is 0 Å². The minimum absolute atomic E-state index is 0.0384. The van der Waals surface area contributed by atoms with Crippen LogP contribution >= 0.6 is 0 Å². The van der Waals surface area contributed by atoms with Crippen LogP contribution in [0.2, 0.25) is 0 Å². The van der Waals surface area contributed by atoms with E-state index in [0.29, 0.717) is 18.7 Å². The second-order valence-electron chi connectivity index (χ2n) is 13.7. The lowest BCUT2D eigenvalue weighted by Crippen LogP contribution is -2.37. The highest BCUT2D eigenvalue weighted by atomic mass is 16.6. The second kappa shape index (κ2) is 10.0. The van der Waals surface area contributed by atoms with Gasteiger partial charge in [-0.15, -0.1) is 5.10 Å². The van der Waals surface area contributed by atoms with Crippen molar-refractivity contribution in [2.45, 2.75) is 83.8 Å². The van der Waals surface area contributed by atoms with Gasteiger partial charge in [-0.25, -0.2) is 14.3 Å². The van der Waals surface area contributed by atoms with Crippen LogP contribution in [0.1, 0.15) is 81.5 Å². The van der Waals surface area contributed by atoms with Crippen molar-refractivity contribution in [1.82, 2.24) is 24.8 Å². The predicted octanol–water partition coefficient (Wildman–Crippen LogP) is 5.12. The van der Waals surface area contributed by atoms with E-state index in [2.05, 4.69) is 63.6 Å². The monoisotopic (exact) mass is 558 g/mol. The fourth-order valence-corrected chi connectivity index (χ4v) is 7.03. The Labute approximate surface area is 242 Å². The lowest BCUT2D eigenvalue weighted by molar-refractivity contribution is 0.0272. The van der Waals surface area contributed by atoms with Gasteiger partial charge in [-0.05, 0) is 82.4 Å². The predicted molar refractivity (Wildman–Crippen MR) is 158 cm³/mol. The number of amides is 2. The molecule has 1 aromatic carbocycles. The number of fused-ring (bicyclic) bond motifs is 1. The zero-order chi connectivity index (χ0) is 29.0. The summed E-state index contributed by atoms with van der Waals surface area (Å²) in [5.41, 5.74) is 3.79. The molecule has 2 saturated heterocycles. The molecule has 1 spiro atoms. The molecule has 9 nitrogen and oxygen atoms in total. The van der Waals surface area contributed by atoms with Crippen molar-refractivity contribution in [1.29, 1.82) is 0 Å². The number of hydrogen-bond donors (Lipinski definition) is 1. The molecule has 3 fully saturated rings. The minimum Gasteiger partial charge on any atom is -0.444 e. The van der Waals surface area contributed by atoms with Crippen LogP contribution in [0.25, 0.3) is 5.65 Å². The summed E-state index contributed by atoms with van der Waals surface area (Å²) in [6.45, 7) is 13.3. The molecule has 4 heterocycles. The van der Waals surface area contributed by atoms with Gasteiger partial charge in [-0.3, -0.25) is 4.79 Å². The highest BCUT2D eigenvalue weighted by Gasteiger charge is 2.46. The Morgan fingerprint density at radius 1 is 1.07 bits per heavy atom. The molecule has 0 radical (unpaired) electrons. The largest absolute Gasteiger partial charge is 0.444 e. The molecule has 0 bridgehead atoms. The van der Waals surface area contributed by atoms with Gasteiger partial charge in [0.25, 0.3) is 5.91 Å². The number of nitrogens with zero attached hydrogens (tertiary/aromatic N) is 5.